The van der Waals surface area contributed by atoms with Crippen molar-refractivity contribution in [2.45, 2.75) is 57.0 Å². The van der Waals surface area contributed by atoms with Crippen LogP contribution in [0, 0.1) is 0 Å². The Kier molecular flexibility index (Phi) is 5.72. The molecule has 6 rings (SSSR count). The molecule has 34 heavy (non-hydrogen) atoms. The normalized spacial score (nSPS) is 18.1. The lowest BCUT2D eigenvalue weighted by Gasteiger charge is -2.29. The Balaban J connectivity index is 1.24. The van der Waals surface area contributed by atoms with Crippen LogP contribution in [0.5, 0.6) is 0 Å². The molecule has 0 radical (unpaired) electrons. The van der Waals surface area contributed by atoms with E-state index in [-0.39, 0.29) is 0 Å². The van der Waals surface area contributed by atoms with Crippen LogP contribution in [-0.2, 0) is 6.54 Å². The highest BCUT2D eigenvalue weighted by atomic mass is 16.5. The fraction of sp³-hybridized carbons (Fsp3) is 0.440. The van der Waals surface area contributed by atoms with Crippen molar-refractivity contribution in [1.82, 2.24) is 29.6 Å². The van der Waals surface area contributed by atoms with Crippen LogP contribution in [0.25, 0.3) is 16.9 Å². The van der Waals surface area contributed by atoms with Gasteiger partial charge in [-0.15, -0.1) is 0 Å². The minimum Gasteiger partial charge on any atom is -0.339 e. The molecule has 9 nitrogen and oxygen atoms in total. The maximum Gasteiger partial charge on any atom is 0.230 e. The number of hydrogen-bond acceptors (Lipinski definition) is 8. The Labute approximate surface area is 198 Å². The monoisotopic (exact) mass is 458 g/mol. The van der Waals surface area contributed by atoms with Crippen molar-refractivity contribution < 1.29 is 4.52 Å². The number of likely N-dealkylation sites (tertiary alicyclic amines) is 1. The van der Waals surface area contributed by atoms with Gasteiger partial charge in [-0.2, -0.15) is 10.1 Å². The van der Waals surface area contributed by atoms with Crippen molar-refractivity contribution in [1.29, 1.82) is 0 Å². The Morgan fingerprint density at radius 1 is 1.09 bits per heavy atom. The first kappa shape index (κ1) is 21.2. The second-order valence-corrected chi connectivity index (χ2v) is 9.50. The van der Waals surface area contributed by atoms with Gasteiger partial charge in [0.25, 0.3) is 0 Å². The molecule has 1 saturated heterocycles. The molecule has 1 aliphatic carbocycles. The van der Waals surface area contributed by atoms with E-state index in [1.807, 2.05) is 35.0 Å². The molecular formula is C25H30N8O. The molecule has 0 unspecified atom stereocenters. The zero-order valence-electron chi connectivity index (χ0n) is 19.2. The minimum absolute atomic E-state index is 0.323. The van der Waals surface area contributed by atoms with Crippen LogP contribution in [0.2, 0.25) is 0 Å². The largest absolute Gasteiger partial charge is 0.339 e. The lowest BCUT2D eigenvalue weighted by atomic mass is 10.1. The van der Waals surface area contributed by atoms with Gasteiger partial charge in [-0.1, -0.05) is 30.1 Å². The summed E-state index contributed by atoms with van der Waals surface area (Å²) in [5.74, 6) is 2.57. The maximum atomic E-state index is 6.08. The zero-order chi connectivity index (χ0) is 22.9. The average Bonchev–Trinajstić information content (AvgIpc) is 3.62. The number of rotatable bonds is 6. The number of piperidine rings is 1. The van der Waals surface area contributed by atoms with E-state index in [2.05, 4.69) is 36.5 Å². The van der Waals surface area contributed by atoms with Crippen LogP contribution in [0.3, 0.4) is 0 Å². The van der Waals surface area contributed by atoms with Crippen molar-refractivity contribution in [3.8, 4) is 11.4 Å². The predicted octanol–water partition coefficient (Wildman–Crippen LogP) is 4.10. The van der Waals surface area contributed by atoms with Gasteiger partial charge in [-0.3, -0.25) is 4.90 Å². The molecule has 4 aromatic rings. The molecule has 0 amide bonds. The third kappa shape index (κ3) is 4.28. The second kappa shape index (κ2) is 9.15. The molecule has 4 heterocycles. The molecule has 9 heteroatoms. The first-order valence-corrected chi connectivity index (χ1v) is 12.2. The number of benzene rings is 1. The van der Waals surface area contributed by atoms with Gasteiger partial charge in [0.15, 0.2) is 5.82 Å². The van der Waals surface area contributed by atoms with Crippen molar-refractivity contribution in [2.24, 2.45) is 5.73 Å². The van der Waals surface area contributed by atoms with Crippen molar-refractivity contribution >= 4 is 17.0 Å². The summed E-state index contributed by atoms with van der Waals surface area (Å²) in [6.45, 7) is 2.90. The van der Waals surface area contributed by atoms with Crippen LogP contribution >= 0.6 is 0 Å². The molecule has 1 saturated carbocycles. The summed E-state index contributed by atoms with van der Waals surface area (Å²) >= 11 is 0. The van der Waals surface area contributed by atoms with E-state index in [0.29, 0.717) is 17.8 Å². The Morgan fingerprint density at radius 2 is 1.94 bits per heavy atom. The summed E-state index contributed by atoms with van der Waals surface area (Å²) in [6, 6.07) is 10.5. The number of aromatic nitrogens is 5. The molecule has 0 bridgehead atoms. The van der Waals surface area contributed by atoms with Gasteiger partial charge in [-0.25, -0.2) is 9.50 Å². The summed E-state index contributed by atoms with van der Waals surface area (Å²) in [5, 5.41) is 12.1. The van der Waals surface area contributed by atoms with Crippen molar-refractivity contribution in [2.75, 3.05) is 18.4 Å². The topological polar surface area (TPSA) is 110 Å². The standard InChI is InChI=1S/C25H30N8O/c26-20-9-11-32(12-10-20)15-19-8-13-33-22(19)24(27-16-28-33)29-21-7-3-6-18(14-21)23-30-25(34-31-23)17-4-1-2-5-17/h3,6-8,13-14,16-17,20H,1-2,4-5,9-12,15,26H2,(H,27,28,29). The summed E-state index contributed by atoms with van der Waals surface area (Å²) in [7, 11) is 0. The van der Waals surface area contributed by atoms with Crippen LogP contribution in [0.15, 0.2) is 47.4 Å². The van der Waals surface area contributed by atoms with E-state index in [0.717, 1.165) is 73.8 Å². The number of hydrogen-bond donors (Lipinski definition) is 2. The molecule has 1 aliphatic heterocycles. The smallest absolute Gasteiger partial charge is 0.230 e. The van der Waals surface area contributed by atoms with Gasteiger partial charge >= 0.3 is 0 Å². The van der Waals surface area contributed by atoms with Crippen LogP contribution in [-0.4, -0.2) is 48.8 Å². The number of nitrogens with one attached hydrogen (secondary N) is 1. The number of fused-ring (bicyclic) bond motifs is 1. The van der Waals surface area contributed by atoms with E-state index >= 15 is 0 Å². The molecule has 176 valence electrons. The third-order valence-corrected chi connectivity index (χ3v) is 7.09. The molecule has 3 aromatic heterocycles. The zero-order valence-corrected chi connectivity index (χ0v) is 19.2. The minimum atomic E-state index is 0.323. The van der Waals surface area contributed by atoms with Crippen LogP contribution in [0.1, 0.15) is 55.9 Å². The maximum absolute atomic E-state index is 6.08. The summed E-state index contributed by atoms with van der Waals surface area (Å²) < 4.78 is 7.47. The average molecular weight is 459 g/mol. The fourth-order valence-corrected chi connectivity index (χ4v) is 5.15. The molecule has 3 N–H and O–H groups in total. The van der Waals surface area contributed by atoms with E-state index < -0.39 is 0 Å². The van der Waals surface area contributed by atoms with E-state index in [1.165, 1.54) is 18.4 Å². The van der Waals surface area contributed by atoms with Gasteiger partial charge in [0.1, 0.15) is 11.8 Å². The van der Waals surface area contributed by atoms with Gasteiger partial charge < -0.3 is 15.6 Å². The van der Waals surface area contributed by atoms with Crippen LogP contribution in [0.4, 0.5) is 11.5 Å². The molecular weight excluding hydrogens is 428 g/mol. The lowest BCUT2D eigenvalue weighted by molar-refractivity contribution is 0.206. The van der Waals surface area contributed by atoms with Crippen molar-refractivity contribution in [3.05, 3.63) is 54.3 Å². The number of anilines is 2. The van der Waals surface area contributed by atoms with E-state index in [9.17, 15) is 0 Å². The van der Waals surface area contributed by atoms with Gasteiger partial charge in [-0.05, 0) is 62.5 Å². The Bertz CT molecular complexity index is 1270. The first-order chi connectivity index (χ1) is 16.7. The summed E-state index contributed by atoms with van der Waals surface area (Å²) in [5.41, 5.74) is 10.1. The van der Waals surface area contributed by atoms with Gasteiger partial charge in [0.05, 0.1) is 0 Å². The fourth-order valence-electron chi connectivity index (χ4n) is 5.15. The molecule has 2 aliphatic rings. The first-order valence-electron chi connectivity index (χ1n) is 12.2. The summed E-state index contributed by atoms with van der Waals surface area (Å²) in [6.07, 6.45) is 10.4. The Hall–Kier alpha value is -3.30. The molecule has 1 aromatic carbocycles. The van der Waals surface area contributed by atoms with Gasteiger partial charge in [0, 0.05) is 36.0 Å². The Morgan fingerprint density at radius 3 is 2.79 bits per heavy atom. The summed E-state index contributed by atoms with van der Waals surface area (Å²) in [4.78, 5) is 11.7. The SMILES string of the molecule is NC1CCN(Cc2ccn3ncnc(Nc4cccc(-c5noc(C6CCCC6)n5)c4)c23)CC1. The highest BCUT2D eigenvalue weighted by Crippen LogP contribution is 2.34. The molecule has 2 fully saturated rings. The highest BCUT2D eigenvalue weighted by molar-refractivity contribution is 5.77. The third-order valence-electron chi connectivity index (χ3n) is 7.09. The number of nitrogens with zero attached hydrogens (tertiary/aromatic N) is 6. The lowest BCUT2D eigenvalue weighted by Crippen LogP contribution is -2.39. The van der Waals surface area contributed by atoms with Gasteiger partial charge in [0.2, 0.25) is 11.7 Å². The van der Waals surface area contributed by atoms with E-state index in [4.69, 9.17) is 10.3 Å². The molecule has 0 spiro atoms. The van der Waals surface area contributed by atoms with E-state index in [1.54, 1.807) is 6.33 Å². The molecule has 0 atom stereocenters. The van der Waals surface area contributed by atoms with Crippen LogP contribution < -0.4 is 11.1 Å². The second-order valence-electron chi connectivity index (χ2n) is 9.50. The van der Waals surface area contributed by atoms with Crippen molar-refractivity contribution in [3.63, 3.8) is 0 Å². The number of nitrogens with two attached hydrogens (primary N) is 1. The predicted molar refractivity (Wildman–Crippen MR) is 130 cm³/mol. The quantitative estimate of drug-likeness (QED) is 0.444. The highest BCUT2D eigenvalue weighted by Gasteiger charge is 2.23.